The molecule has 2 heterocycles. The van der Waals surface area contributed by atoms with Gasteiger partial charge in [0.15, 0.2) is 5.69 Å². The van der Waals surface area contributed by atoms with E-state index in [1.54, 1.807) is 0 Å². The van der Waals surface area contributed by atoms with Crippen LogP contribution in [0.15, 0.2) is 63.2 Å². The van der Waals surface area contributed by atoms with Gasteiger partial charge in [0, 0.05) is 20.8 Å². The summed E-state index contributed by atoms with van der Waals surface area (Å²) in [6.07, 6.45) is 4.00. The minimum atomic E-state index is 0.0233. The average Bonchev–Trinajstić information content (AvgIpc) is 3.17. The molecule has 0 unspecified atom stereocenters. The quantitative estimate of drug-likeness (QED) is 0.341. The van der Waals surface area contributed by atoms with Gasteiger partial charge in [0.25, 0.3) is 0 Å². The number of nitrogens with one attached hydrogen (secondary N) is 2. The Morgan fingerprint density at radius 3 is 2.73 bits per heavy atom. The van der Waals surface area contributed by atoms with E-state index in [1.807, 2.05) is 24.3 Å². The molecule has 0 fully saturated rings. The molecule has 0 aliphatic heterocycles. The van der Waals surface area contributed by atoms with Crippen LogP contribution in [-0.4, -0.2) is 15.1 Å². The van der Waals surface area contributed by atoms with Gasteiger partial charge in [0.05, 0.1) is 11.2 Å². The van der Waals surface area contributed by atoms with Gasteiger partial charge in [-0.05, 0) is 42.7 Å². The zero-order valence-corrected chi connectivity index (χ0v) is 15.3. The SMILES string of the molecule is Oc1[nH]c2ccc(Br)cc2c1N=NC1=CCCc2c1[nH]c1ccccc21. The van der Waals surface area contributed by atoms with Crippen molar-refractivity contribution in [2.45, 2.75) is 12.8 Å². The molecule has 3 N–H and O–H groups in total. The van der Waals surface area contributed by atoms with Crippen molar-refractivity contribution in [2.75, 3.05) is 0 Å². The Balaban J connectivity index is 1.60. The zero-order chi connectivity index (χ0) is 17.7. The number of para-hydroxylation sites is 1. The lowest BCUT2D eigenvalue weighted by Gasteiger charge is -2.09. The Labute approximate surface area is 157 Å². The van der Waals surface area contributed by atoms with Crippen LogP contribution in [0, 0.1) is 0 Å². The Hall–Kier alpha value is -2.86. The molecular formula is C20H15BrN4O. The fraction of sp³-hybridized carbons (Fsp3) is 0.100. The second-order valence-electron chi connectivity index (χ2n) is 6.36. The first-order valence-electron chi connectivity index (χ1n) is 8.43. The highest BCUT2D eigenvalue weighted by Gasteiger charge is 2.18. The number of rotatable bonds is 2. The molecule has 2 aromatic heterocycles. The smallest absolute Gasteiger partial charge is 0.218 e. The third-order valence-corrected chi connectivity index (χ3v) is 5.27. The van der Waals surface area contributed by atoms with Crippen LogP contribution in [0.5, 0.6) is 5.88 Å². The summed E-state index contributed by atoms with van der Waals surface area (Å²) in [5.41, 5.74) is 5.49. The van der Waals surface area contributed by atoms with Crippen molar-refractivity contribution < 1.29 is 5.11 Å². The topological polar surface area (TPSA) is 76.5 Å². The Kier molecular flexibility index (Phi) is 3.46. The average molecular weight is 407 g/mol. The summed E-state index contributed by atoms with van der Waals surface area (Å²) >= 11 is 3.46. The van der Waals surface area contributed by atoms with Crippen LogP contribution >= 0.6 is 15.9 Å². The van der Waals surface area contributed by atoms with E-state index in [2.05, 4.69) is 60.4 Å². The molecule has 5 rings (SSSR count). The first-order valence-corrected chi connectivity index (χ1v) is 9.22. The zero-order valence-electron chi connectivity index (χ0n) is 13.8. The van der Waals surface area contributed by atoms with E-state index in [-0.39, 0.29) is 5.88 Å². The molecule has 1 aliphatic carbocycles. The molecular weight excluding hydrogens is 392 g/mol. The Morgan fingerprint density at radius 1 is 0.962 bits per heavy atom. The van der Waals surface area contributed by atoms with Crippen molar-refractivity contribution in [1.29, 1.82) is 0 Å². The van der Waals surface area contributed by atoms with E-state index >= 15 is 0 Å². The predicted octanol–water partition coefficient (Wildman–Crippen LogP) is 6.19. The van der Waals surface area contributed by atoms with Crippen LogP contribution in [0.2, 0.25) is 0 Å². The number of hydrogen-bond donors (Lipinski definition) is 3. The number of halogens is 1. The molecule has 6 heteroatoms. The van der Waals surface area contributed by atoms with Gasteiger partial charge in [0.2, 0.25) is 5.88 Å². The number of aromatic nitrogens is 2. The number of nitrogens with zero attached hydrogens (tertiary/aromatic N) is 2. The van der Waals surface area contributed by atoms with E-state index in [4.69, 9.17) is 0 Å². The maximum absolute atomic E-state index is 10.2. The predicted molar refractivity (Wildman–Crippen MR) is 107 cm³/mol. The molecule has 1 aliphatic rings. The summed E-state index contributed by atoms with van der Waals surface area (Å²) in [5.74, 6) is 0.0233. The molecule has 0 amide bonds. The van der Waals surface area contributed by atoms with Crippen molar-refractivity contribution in [3.63, 3.8) is 0 Å². The van der Waals surface area contributed by atoms with Gasteiger partial charge < -0.3 is 15.1 Å². The second-order valence-corrected chi connectivity index (χ2v) is 7.28. The van der Waals surface area contributed by atoms with Crippen LogP contribution in [-0.2, 0) is 6.42 Å². The van der Waals surface area contributed by atoms with E-state index in [0.717, 1.165) is 45.1 Å². The van der Waals surface area contributed by atoms with Crippen LogP contribution in [0.4, 0.5) is 5.69 Å². The molecule has 0 saturated heterocycles. The molecule has 0 atom stereocenters. The maximum atomic E-state index is 10.2. The molecule has 4 aromatic rings. The van der Waals surface area contributed by atoms with E-state index in [9.17, 15) is 5.11 Å². The molecule has 26 heavy (non-hydrogen) atoms. The number of H-pyrrole nitrogens is 2. The number of allylic oxidation sites excluding steroid dienone is 1. The van der Waals surface area contributed by atoms with Crippen molar-refractivity contribution in [3.05, 3.63) is 64.3 Å². The highest BCUT2D eigenvalue weighted by Crippen LogP contribution is 2.39. The molecule has 5 nitrogen and oxygen atoms in total. The highest BCUT2D eigenvalue weighted by atomic mass is 79.9. The normalized spacial score (nSPS) is 14.3. The molecule has 0 spiro atoms. The monoisotopic (exact) mass is 406 g/mol. The van der Waals surface area contributed by atoms with Crippen molar-refractivity contribution in [1.82, 2.24) is 9.97 Å². The molecule has 128 valence electrons. The van der Waals surface area contributed by atoms with Crippen molar-refractivity contribution in [3.8, 4) is 5.88 Å². The molecule has 0 bridgehead atoms. The summed E-state index contributed by atoms with van der Waals surface area (Å²) in [5, 5.41) is 21.1. The molecule has 0 radical (unpaired) electrons. The van der Waals surface area contributed by atoms with Gasteiger partial charge in [-0.25, -0.2) is 0 Å². The van der Waals surface area contributed by atoms with Crippen molar-refractivity contribution >= 4 is 49.1 Å². The summed E-state index contributed by atoms with van der Waals surface area (Å²) < 4.78 is 0.926. The third kappa shape index (κ3) is 2.37. The number of hydrogen-bond acceptors (Lipinski definition) is 3. The van der Waals surface area contributed by atoms with Gasteiger partial charge in [-0.15, -0.1) is 10.2 Å². The first-order chi connectivity index (χ1) is 12.7. The first kappa shape index (κ1) is 15.4. The number of aryl methyl sites for hydroxylation is 1. The van der Waals surface area contributed by atoms with E-state index < -0.39 is 0 Å². The number of aromatic hydroxyl groups is 1. The summed E-state index contributed by atoms with van der Waals surface area (Å²) in [6.45, 7) is 0. The van der Waals surface area contributed by atoms with Crippen LogP contribution in [0.1, 0.15) is 17.7 Å². The summed E-state index contributed by atoms with van der Waals surface area (Å²) in [7, 11) is 0. The van der Waals surface area contributed by atoms with E-state index in [0.29, 0.717) is 5.69 Å². The lowest BCUT2D eigenvalue weighted by Crippen LogP contribution is -1.96. The molecule has 2 aromatic carbocycles. The summed E-state index contributed by atoms with van der Waals surface area (Å²) in [6, 6.07) is 14.0. The minimum absolute atomic E-state index is 0.0233. The van der Waals surface area contributed by atoms with Crippen molar-refractivity contribution in [2.24, 2.45) is 10.2 Å². The highest BCUT2D eigenvalue weighted by molar-refractivity contribution is 9.10. The van der Waals surface area contributed by atoms with E-state index in [1.165, 1.54) is 10.9 Å². The number of azo groups is 1. The van der Waals surface area contributed by atoms with Gasteiger partial charge in [-0.2, -0.15) is 0 Å². The number of aromatic amines is 2. The Bertz CT molecular complexity index is 1220. The molecule has 0 saturated carbocycles. The fourth-order valence-electron chi connectivity index (χ4n) is 3.57. The second kappa shape index (κ2) is 5.85. The standard InChI is InChI=1S/C20H15BrN4O/c21-11-8-9-16-14(10-11)19(20(26)23-16)25-24-17-7-3-5-13-12-4-1-2-6-15(12)22-18(13)17/h1-2,4,6-10,22-23,26H,3,5H2. The lowest BCUT2D eigenvalue weighted by molar-refractivity contribution is 0.459. The van der Waals surface area contributed by atoms with Crippen LogP contribution in [0.3, 0.4) is 0 Å². The van der Waals surface area contributed by atoms with Gasteiger partial charge in [-0.3, -0.25) is 0 Å². The van der Waals surface area contributed by atoms with Gasteiger partial charge >= 0.3 is 0 Å². The largest absolute Gasteiger partial charge is 0.493 e. The lowest BCUT2D eigenvalue weighted by atomic mass is 9.99. The van der Waals surface area contributed by atoms with Gasteiger partial charge in [-0.1, -0.05) is 40.2 Å². The maximum Gasteiger partial charge on any atom is 0.218 e. The number of benzene rings is 2. The summed E-state index contributed by atoms with van der Waals surface area (Å²) in [4.78, 5) is 6.39. The Morgan fingerprint density at radius 2 is 1.81 bits per heavy atom. The minimum Gasteiger partial charge on any atom is -0.493 e. The third-order valence-electron chi connectivity index (χ3n) is 4.77. The van der Waals surface area contributed by atoms with Gasteiger partial charge in [0.1, 0.15) is 5.70 Å². The van der Waals surface area contributed by atoms with Crippen LogP contribution < -0.4 is 0 Å². The van der Waals surface area contributed by atoms with Crippen LogP contribution in [0.25, 0.3) is 27.5 Å². The fourth-order valence-corrected chi connectivity index (χ4v) is 3.93. The number of fused-ring (bicyclic) bond motifs is 4.